The zero-order chi connectivity index (χ0) is 12.9. The summed E-state index contributed by atoms with van der Waals surface area (Å²) in [6.45, 7) is 5.62. The fourth-order valence-electron chi connectivity index (χ4n) is 1.42. The lowest BCUT2D eigenvalue weighted by Crippen LogP contribution is -2.23. The van der Waals surface area contributed by atoms with Gasteiger partial charge in [-0.2, -0.15) is 0 Å². The maximum Gasteiger partial charge on any atom is 0.139 e. The maximum absolute atomic E-state index is 5.99. The van der Waals surface area contributed by atoms with Crippen LogP contribution < -0.4 is 10.5 Å². The first-order valence-corrected chi connectivity index (χ1v) is 6.48. The predicted octanol–water partition coefficient (Wildman–Crippen LogP) is 4.14. The standard InChI is InChI=1S/C13H19Cl2NO/c1-13(2,9-16)6-3-7-17-12-8-10(14)4-5-11(12)15/h4-5,8H,3,6-7,9,16H2,1-2H3. The zero-order valence-corrected chi connectivity index (χ0v) is 11.8. The van der Waals surface area contributed by atoms with Gasteiger partial charge in [0.2, 0.25) is 0 Å². The van der Waals surface area contributed by atoms with Crippen molar-refractivity contribution in [1.29, 1.82) is 0 Å². The van der Waals surface area contributed by atoms with E-state index in [4.69, 9.17) is 33.7 Å². The summed E-state index contributed by atoms with van der Waals surface area (Å²) < 4.78 is 5.60. The van der Waals surface area contributed by atoms with Gasteiger partial charge >= 0.3 is 0 Å². The first-order chi connectivity index (χ1) is 7.94. The highest BCUT2D eigenvalue weighted by Crippen LogP contribution is 2.28. The normalized spacial score (nSPS) is 11.6. The van der Waals surface area contributed by atoms with Crippen LogP contribution in [0.5, 0.6) is 5.75 Å². The summed E-state index contributed by atoms with van der Waals surface area (Å²) in [5.74, 6) is 0.643. The highest BCUT2D eigenvalue weighted by atomic mass is 35.5. The minimum Gasteiger partial charge on any atom is -0.492 e. The van der Waals surface area contributed by atoms with Crippen LogP contribution in [0, 0.1) is 5.41 Å². The summed E-state index contributed by atoms with van der Waals surface area (Å²) in [5.41, 5.74) is 5.83. The second-order valence-electron chi connectivity index (χ2n) is 4.90. The lowest BCUT2D eigenvalue weighted by atomic mass is 9.88. The molecule has 0 spiro atoms. The third-order valence-corrected chi connectivity index (χ3v) is 3.25. The Morgan fingerprint density at radius 2 is 2.00 bits per heavy atom. The number of nitrogens with two attached hydrogens (primary N) is 1. The number of hydrogen-bond acceptors (Lipinski definition) is 2. The van der Waals surface area contributed by atoms with E-state index < -0.39 is 0 Å². The molecule has 0 amide bonds. The molecule has 17 heavy (non-hydrogen) atoms. The molecule has 1 aromatic carbocycles. The van der Waals surface area contributed by atoms with Crippen molar-refractivity contribution in [2.24, 2.45) is 11.1 Å². The molecule has 0 aliphatic heterocycles. The Hall–Kier alpha value is -0.440. The van der Waals surface area contributed by atoms with Crippen LogP contribution in [0.4, 0.5) is 0 Å². The molecule has 2 nitrogen and oxygen atoms in total. The Kier molecular flexibility index (Phi) is 5.57. The van der Waals surface area contributed by atoms with Crippen LogP contribution in [0.3, 0.4) is 0 Å². The van der Waals surface area contributed by atoms with Crippen molar-refractivity contribution in [3.05, 3.63) is 28.2 Å². The van der Waals surface area contributed by atoms with E-state index in [0.717, 1.165) is 12.8 Å². The van der Waals surface area contributed by atoms with E-state index in [2.05, 4.69) is 13.8 Å². The van der Waals surface area contributed by atoms with E-state index in [0.29, 0.717) is 28.9 Å². The Morgan fingerprint density at radius 1 is 1.29 bits per heavy atom. The molecule has 0 atom stereocenters. The predicted molar refractivity (Wildman–Crippen MR) is 74.0 cm³/mol. The average molecular weight is 276 g/mol. The second-order valence-corrected chi connectivity index (χ2v) is 5.74. The van der Waals surface area contributed by atoms with Gasteiger partial charge < -0.3 is 10.5 Å². The summed E-state index contributed by atoms with van der Waals surface area (Å²) in [5, 5.41) is 1.22. The van der Waals surface area contributed by atoms with Crippen molar-refractivity contribution < 1.29 is 4.74 Å². The van der Waals surface area contributed by atoms with Gasteiger partial charge in [0.15, 0.2) is 0 Å². The van der Waals surface area contributed by atoms with E-state index in [1.165, 1.54) is 0 Å². The van der Waals surface area contributed by atoms with Gasteiger partial charge in [-0.3, -0.25) is 0 Å². The smallest absolute Gasteiger partial charge is 0.139 e. The lowest BCUT2D eigenvalue weighted by Gasteiger charge is -2.22. The van der Waals surface area contributed by atoms with Crippen molar-refractivity contribution >= 4 is 23.2 Å². The first kappa shape index (κ1) is 14.6. The first-order valence-electron chi connectivity index (χ1n) is 5.72. The minimum absolute atomic E-state index is 0.168. The van der Waals surface area contributed by atoms with Crippen molar-refractivity contribution in [3.63, 3.8) is 0 Å². The van der Waals surface area contributed by atoms with Crippen LogP contribution in [-0.2, 0) is 0 Å². The summed E-state index contributed by atoms with van der Waals surface area (Å²) in [4.78, 5) is 0. The monoisotopic (exact) mass is 275 g/mol. The molecule has 0 bridgehead atoms. The lowest BCUT2D eigenvalue weighted by molar-refractivity contribution is 0.261. The van der Waals surface area contributed by atoms with E-state index in [9.17, 15) is 0 Å². The van der Waals surface area contributed by atoms with Gasteiger partial charge in [-0.05, 0) is 36.9 Å². The molecule has 0 unspecified atom stereocenters. The summed E-state index contributed by atoms with van der Waals surface area (Å²) >= 11 is 11.9. The fourth-order valence-corrected chi connectivity index (χ4v) is 1.76. The molecule has 0 heterocycles. The van der Waals surface area contributed by atoms with Gasteiger partial charge in [0.05, 0.1) is 11.6 Å². The highest BCUT2D eigenvalue weighted by molar-refractivity contribution is 6.34. The molecule has 0 fully saturated rings. The quantitative estimate of drug-likeness (QED) is 0.792. The average Bonchev–Trinajstić information content (AvgIpc) is 2.29. The van der Waals surface area contributed by atoms with Crippen molar-refractivity contribution in [3.8, 4) is 5.75 Å². The molecule has 4 heteroatoms. The van der Waals surface area contributed by atoms with E-state index in [-0.39, 0.29) is 5.41 Å². The maximum atomic E-state index is 5.99. The Balaban J connectivity index is 2.38. The molecule has 2 N–H and O–H groups in total. The van der Waals surface area contributed by atoms with E-state index in [1.807, 2.05) is 0 Å². The van der Waals surface area contributed by atoms with Crippen molar-refractivity contribution in [1.82, 2.24) is 0 Å². The van der Waals surface area contributed by atoms with Gasteiger partial charge in [-0.15, -0.1) is 0 Å². The van der Waals surface area contributed by atoms with Crippen LogP contribution >= 0.6 is 23.2 Å². The van der Waals surface area contributed by atoms with Crippen LogP contribution in [0.25, 0.3) is 0 Å². The van der Waals surface area contributed by atoms with Crippen LogP contribution in [0.2, 0.25) is 10.0 Å². The topological polar surface area (TPSA) is 35.2 Å². The van der Waals surface area contributed by atoms with Crippen LogP contribution in [0.1, 0.15) is 26.7 Å². The van der Waals surface area contributed by atoms with Crippen molar-refractivity contribution in [2.75, 3.05) is 13.2 Å². The van der Waals surface area contributed by atoms with Gasteiger partial charge in [-0.1, -0.05) is 37.0 Å². The van der Waals surface area contributed by atoms with Crippen molar-refractivity contribution in [2.45, 2.75) is 26.7 Å². The molecule has 1 rings (SSSR count). The molecule has 0 saturated heterocycles. The molecule has 0 aromatic heterocycles. The van der Waals surface area contributed by atoms with E-state index in [1.54, 1.807) is 18.2 Å². The second kappa shape index (κ2) is 6.48. The molecule has 1 aromatic rings. The molecular formula is C13H19Cl2NO. The number of rotatable bonds is 6. The molecular weight excluding hydrogens is 257 g/mol. The molecule has 0 aliphatic rings. The third kappa shape index (κ3) is 5.15. The Morgan fingerprint density at radius 3 is 2.65 bits per heavy atom. The molecule has 0 radical (unpaired) electrons. The SMILES string of the molecule is CC(C)(CN)CCCOc1cc(Cl)ccc1Cl. The van der Waals surface area contributed by atoms with Gasteiger partial charge in [-0.25, -0.2) is 0 Å². The molecule has 0 aliphatic carbocycles. The zero-order valence-electron chi connectivity index (χ0n) is 10.3. The van der Waals surface area contributed by atoms with Gasteiger partial charge in [0.25, 0.3) is 0 Å². The molecule has 0 saturated carbocycles. The number of hydrogen-bond donors (Lipinski definition) is 1. The third-order valence-electron chi connectivity index (χ3n) is 2.70. The largest absolute Gasteiger partial charge is 0.492 e. The molecule has 96 valence electrons. The summed E-state index contributed by atoms with van der Waals surface area (Å²) in [7, 11) is 0. The summed E-state index contributed by atoms with van der Waals surface area (Å²) in [6.07, 6.45) is 1.98. The Labute approximate surface area is 113 Å². The van der Waals surface area contributed by atoms with Gasteiger partial charge in [0, 0.05) is 11.1 Å². The van der Waals surface area contributed by atoms with E-state index >= 15 is 0 Å². The highest BCUT2D eigenvalue weighted by Gasteiger charge is 2.14. The minimum atomic E-state index is 0.168. The van der Waals surface area contributed by atoms with Gasteiger partial charge in [0.1, 0.15) is 5.75 Å². The van der Waals surface area contributed by atoms with Crippen LogP contribution in [0.15, 0.2) is 18.2 Å². The number of halogens is 2. The number of benzene rings is 1. The fraction of sp³-hybridized carbons (Fsp3) is 0.538. The van der Waals surface area contributed by atoms with Crippen LogP contribution in [-0.4, -0.2) is 13.2 Å². The number of ether oxygens (including phenoxy) is 1. The summed E-state index contributed by atoms with van der Waals surface area (Å²) in [6, 6.07) is 5.22. The Bertz CT molecular complexity index is 366.